The first kappa shape index (κ1) is 12.1. The first-order chi connectivity index (χ1) is 8.09. The van der Waals surface area contributed by atoms with Crippen LogP contribution in [0.3, 0.4) is 0 Å². The van der Waals surface area contributed by atoms with Crippen molar-refractivity contribution in [1.82, 2.24) is 5.32 Å². The maximum Gasteiger partial charge on any atom is 0.251 e. The van der Waals surface area contributed by atoms with Crippen LogP contribution in [0.1, 0.15) is 22.3 Å². The molecule has 1 aromatic rings. The average Bonchev–Trinajstić information content (AvgIpc) is 2.74. The van der Waals surface area contributed by atoms with E-state index in [2.05, 4.69) is 5.32 Å². The molecule has 0 aliphatic carbocycles. The first-order valence-electron chi connectivity index (χ1n) is 5.74. The Bertz CT molecular complexity index is 411. The molecule has 1 aliphatic heterocycles. The second-order valence-electron chi connectivity index (χ2n) is 4.58. The van der Waals surface area contributed by atoms with Gasteiger partial charge in [-0.25, -0.2) is 0 Å². The van der Waals surface area contributed by atoms with Crippen molar-refractivity contribution < 1.29 is 14.6 Å². The van der Waals surface area contributed by atoms with E-state index >= 15 is 0 Å². The van der Waals surface area contributed by atoms with E-state index in [1.807, 2.05) is 25.1 Å². The molecule has 1 amide bonds. The van der Waals surface area contributed by atoms with Gasteiger partial charge in [-0.1, -0.05) is 17.7 Å². The molecule has 0 spiro atoms. The molecule has 17 heavy (non-hydrogen) atoms. The Morgan fingerprint density at radius 3 is 3.06 bits per heavy atom. The van der Waals surface area contributed by atoms with Gasteiger partial charge in [0.1, 0.15) is 5.60 Å². The maximum absolute atomic E-state index is 11.8. The van der Waals surface area contributed by atoms with Gasteiger partial charge in [-0.3, -0.25) is 4.79 Å². The number of carbonyl (C=O) groups excluding carboxylic acids is 1. The molecule has 1 fully saturated rings. The molecule has 1 saturated heterocycles. The standard InChI is InChI=1S/C13H17NO3/c1-10-3-2-4-11(7-10)12(15)14-8-13(16)5-6-17-9-13/h2-4,7,16H,5-6,8-9H2,1H3,(H,14,15). The molecule has 0 aromatic heterocycles. The highest BCUT2D eigenvalue weighted by Gasteiger charge is 2.32. The molecule has 1 atom stereocenters. The van der Waals surface area contributed by atoms with E-state index in [1.165, 1.54) is 0 Å². The predicted octanol–water partition coefficient (Wildman–Crippen LogP) is 0.876. The highest BCUT2D eigenvalue weighted by atomic mass is 16.5. The van der Waals surface area contributed by atoms with Crippen molar-refractivity contribution in [1.29, 1.82) is 0 Å². The lowest BCUT2D eigenvalue weighted by Crippen LogP contribution is -2.43. The SMILES string of the molecule is Cc1cccc(C(=O)NCC2(O)CCOC2)c1. The molecule has 2 rings (SSSR count). The number of hydrogen-bond donors (Lipinski definition) is 2. The minimum Gasteiger partial charge on any atom is -0.386 e. The number of amides is 1. The summed E-state index contributed by atoms with van der Waals surface area (Å²) in [6.07, 6.45) is 0.571. The molecule has 4 nitrogen and oxygen atoms in total. The van der Waals surface area contributed by atoms with Crippen molar-refractivity contribution in [2.45, 2.75) is 18.9 Å². The van der Waals surface area contributed by atoms with E-state index < -0.39 is 5.60 Å². The van der Waals surface area contributed by atoms with Gasteiger partial charge in [0, 0.05) is 25.1 Å². The van der Waals surface area contributed by atoms with Crippen molar-refractivity contribution in [3.05, 3.63) is 35.4 Å². The third-order valence-corrected chi connectivity index (χ3v) is 2.94. The molecule has 1 unspecified atom stereocenters. The molecule has 1 aromatic carbocycles. The van der Waals surface area contributed by atoms with Crippen LogP contribution in [0.5, 0.6) is 0 Å². The van der Waals surface area contributed by atoms with Crippen LogP contribution < -0.4 is 5.32 Å². The summed E-state index contributed by atoms with van der Waals surface area (Å²) in [5, 5.41) is 12.7. The van der Waals surface area contributed by atoms with Crippen molar-refractivity contribution in [2.75, 3.05) is 19.8 Å². The first-order valence-corrected chi connectivity index (χ1v) is 5.74. The summed E-state index contributed by atoms with van der Waals surface area (Å²) in [6.45, 7) is 3.02. The van der Waals surface area contributed by atoms with Crippen LogP contribution in [0.4, 0.5) is 0 Å². The lowest BCUT2D eigenvalue weighted by atomic mass is 10.0. The molecular formula is C13H17NO3. The number of aliphatic hydroxyl groups is 1. The topological polar surface area (TPSA) is 58.6 Å². The zero-order valence-corrected chi connectivity index (χ0v) is 9.90. The van der Waals surface area contributed by atoms with Crippen LogP contribution in [0.15, 0.2) is 24.3 Å². The lowest BCUT2D eigenvalue weighted by molar-refractivity contribution is 0.0264. The smallest absolute Gasteiger partial charge is 0.251 e. The highest BCUT2D eigenvalue weighted by molar-refractivity contribution is 5.94. The van der Waals surface area contributed by atoms with Gasteiger partial charge in [0.25, 0.3) is 5.91 Å². The number of ether oxygens (including phenoxy) is 1. The average molecular weight is 235 g/mol. The number of carbonyl (C=O) groups is 1. The third-order valence-electron chi connectivity index (χ3n) is 2.94. The maximum atomic E-state index is 11.8. The molecular weight excluding hydrogens is 218 g/mol. The van der Waals surface area contributed by atoms with Gasteiger partial charge in [0.05, 0.1) is 6.61 Å². The van der Waals surface area contributed by atoms with Crippen molar-refractivity contribution in [3.8, 4) is 0 Å². The van der Waals surface area contributed by atoms with Gasteiger partial charge in [-0.05, 0) is 19.1 Å². The number of hydrogen-bond acceptors (Lipinski definition) is 3. The van der Waals surface area contributed by atoms with Crippen LogP contribution in [-0.2, 0) is 4.74 Å². The largest absolute Gasteiger partial charge is 0.386 e. The van der Waals surface area contributed by atoms with E-state index in [0.29, 0.717) is 25.2 Å². The molecule has 2 N–H and O–H groups in total. The third kappa shape index (κ3) is 3.05. The zero-order valence-electron chi connectivity index (χ0n) is 9.90. The van der Waals surface area contributed by atoms with Crippen LogP contribution >= 0.6 is 0 Å². The fourth-order valence-electron chi connectivity index (χ4n) is 1.87. The predicted molar refractivity (Wildman–Crippen MR) is 63.9 cm³/mol. The minimum absolute atomic E-state index is 0.158. The summed E-state index contributed by atoms with van der Waals surface area (Å²) in [7, 11) is 0. The second-order valence-corrected chi connectivity index (χ2v) is 4.58. The minimum atomic E-state index is -0.903. The van der Waals surface area contributed by atoms with Crippen LogP contribution in [-0.4, -0.2) is 36.4 Å². The van der Waals surface area contributed by atoms with Gasteiger partial charge in [-0.2, -0.15) is 0 Å². The summed E-state index contributed by atoms with van der Waals surface area (Å²) in [5.74, 6) is -0.158. The van der Waals surface area contributed by atoms with Crippen molar-refractivity contribution in [3.63, 3.8) is 0 Å². The summed E-state index contributed by atoms with van der Waals surface area (Å²) >= 11 is 0. The normalized spacial score (nSPS) is 23.6. The molecule has 0 bridgehead atoms. The molecule has 1 heterocycles. The molecule has 1 aliphatic rings. The Morgan fingerprint density at radius 2 is 2.41 bits per heavy atom. The van der Waals surface area contributed by atoms with Gasteiger partial charge in [0.2, 0.25) is 0 Å². The number of rotatable bonds is 3. The van der Waals surface area contributed by atoms with Gasteiger partial charge >= 0.3 is 0 Å². The summed E-state index contributed by atoms with van der Waals surface area (Å²) in [6, 6.07) is 7.37. The quantitative estimate of drug-likeness (QED) is 0.817. The Hall–Kier alpha value is -1.39. The summed E-state index contributed by atoms with van der Waals surface area (Å²) in [5.41, 5.74) is 0.757. The fourth-order valence-corrected chi connectivity index (χ4v) is 1.87. The van der Waals surface area contributed by atoms with E-state index in [9.17, 15) is 9.90 Å². The number of benzene rings is 1. The molecule has 0 saturated carbocycles. The molecule has 4 heteroatoms. The van der Waals surface area contributed by atoms with Gasteiger partial charge in [-0.15, -0.1) is 0 Å². The fraction of sp³-hybridized carbons (Fsp3) is 0.462. The summed E-state index contributed by atoms with van der Waals surface area (Å²) < 4.78 is 5.12. The van der Waals surface area contributed by atoms with Crippen molar-refractivity contribution in [2.24, 2.45) is 0 Å². The Labute approximate surface area is 101 Å². The monoisotopic (exact) mass is 235 g/mol. The van der Waals surface area contributed by atoms with E-state index in [1.54, 1.807) is 6.07 Å². The van der Waals surface area contributed by atoms with Gasteiger partial charge in [0.15, 0.2) is 0 Å². The lowest BCUT2D eigenvalue weighted by Gasteiger charge is -2.20. The van der Waals surface area contributed by atoms with E-state index in [4.69, 9.17) is 4.74 Å². The Kier molecular flexibility index (Phi) is 3.45. The zero-order chi connectivity index (χ0) is 12.3. The van der Waals surface area contributed by atoms with Crippen LogP contribution in [0, 0.1) is 6.92 Å². The molecule has 92 valence electrons. The van der Waals surface area contributed by atoms with Gasteiger partial charge < -0.3 is 15.2 Å². The Morgan fingerprint density at radius 1 is 1.59 bits per heavy atom. The Balaban J connectivity index is 1.93. The van der Waals surface area contributed by atoms with E-state index in [-0.39, 0.29) is 12.5 Å². The van der Waals surface area contributed by atoms with Crippen LogP contribution in [0.25, 0.3) is 0 Å². The van der Waals surface area contributed by atoms with E-state index in [0.717, 1.165) is 5.56 Å². The highest BCUT2D eigenvalue weighted by Crippen LogP contribution is 2.17. The van der Waals surface area contributed by atoms with Crippen molar-refractivity contribution >= 4 is 5.91 Å². The number of nitrogens with one attached hydrogen (secondary N) is 1. The van der Waals surface area contributed by atoms with Crippen LogP contribution in [0.2, 0.25) is 0 Å². The second kappa shape index (κ2) is 4.85. The molecule has 0 radical (unpaired) electrons. The number of aryl methyl sites for hydroxylation is 1. The summed E-state index contributed by atoms with van der Waals surface area (Å²) in [4.78, 5) is 11.8.